The van der Waals surface area contributed by atoms with Crippen molar-refractivity contribution < 1.29 is 47.1 Å². The van der Waals surface area contributed by atoms with Crippen molar-refractivity contribution in [3.05, 3.63) is 0 Å². The first kappa shape index (κ1) is 35.8. The van der Waals surface area contributed by atoms with Gasteiger partial charge >= 0.3 is 17.9 Å². The smallest absolute Gasteiger partial charge is 0.327 e. The minimum absolute atomic E-state index is 0.0109. The molecular weight excluding hydrogens is 518 g/mol. The van der Waals surface area contributed by atoms with E-state index in [1.54, 1.807) is 0 Å². The van der Waals surface area contributed by atoms with Crippen LogP contribution in [-0.4, -0.2) is 58.4 Å². The number of rotatable bonds is 25. The number of hydrogen-bond acceptors (Lipinski definition) is 7. The van der Waals surface area contributed by atoms with Crippen LogP contribution in [0, 0.1) is 5.92 Å². The molecule has 1 amide bonds. The Bertz CT molecular complexity index is 815. The van der Waals surface area contributed by atoms with E-state index in [4.69, 9.17) is 15.6 Å². The quantitative estimate of drug-likeness (QED) is 0.0695. The number of unbranched alkanes of at least 4 members (excludes halogenated alkanes) is 14. The van der Waals surface area contributed by atoms with Crippen LogP contribution in [0.1, 0.15) is 122 Å². The minimum atomic E-state index is -5.06. The predicted octanol–water partition coefficient (Wildman–Crippen LogP) is 4.47. The second kappa shape index (κ2) is 20.7. The van der Waals surface area contributed by atoms with Gasteiger partial charge in [0.05, 0.1) is 12.8 Å². The van der Waals surface area contributed by atoms with Crippen LogP contribution < -0.4 is 5.73 Å². The number of nitrogens with two attached hydrogens (primary N) is 1. The first-order valence-electron chi connectivity index (χ1n) is 13.8. The summed E-state index contributed by atoms with van der Waals surface area (Å²) in [5, 5.41) is 16.2. The molecule has 3 atom stereocenters. The van der Waals surface area contributed by atoms with Crippen LogP contribution in [-0.2, 0) is 34.0 Å². The maximum Gasteiger partial charge on any atom is 0.327 e. The fourth-order valence-electron chi connectivity index (χ4n) is 4.34. The highest BCUT2D eigenvalue weighted by Crippen LogP contribution is 2.23. The Balaban J connectivity index is 4.60. The molecule has 0 bridgehead atoms. The van der Waals surface area contributed by atoms with Crippen LogP contribution >= 0.6 is 0 Å². The van der Waals surface area contributed by atoms with Gasteiger partial charge in [0, 0.05) is 0 Å². The molecule has 12 heteroatoms. The van der Waals surface area contributed by atoms with E-state index in [1.807, 2.05) is 0 Å². The first-order valence-corrected chi connectivity index (χ1v) is 15.3. The number of carboxylic acids is 2. The molecule has 0 saturated heterocycles. The van der Waals surface area contributed by atoms with Crippen molar-refractivity contribution in [3.8, 4) is 0 Å². The number of primary amides is 1. The summed E-state index contributed by atoms with van der Waals surface area (Å²) in [6.45, 7) is 2.21. The molecule has 0 aromatic heterocycles. The number of amides is 1. The van der Waals surface area contributed by atoms with E-state index in [1.165, 1.54) is 57.8 Å². The molecule has 0 radical (unpaired) electrons. The first-order chi connectivity index (χ1) is 17.9. The molecule has 38 heavy (non-hydrogen) atoms. The van der Waals surface area contributed by atoms with Gasteiger partial charge in [0.15, 0.2) is 5.25 Å². The molecule has 0 aromatic rings. The highest BCUT2D eigenvalue weighted by Gasteiger charge is 2.39. The van der Waals surface area contributed by atoms with Crippen LogP contribution in [0.4, 0.5) is 0 Å². The van der Waals surface area contributed by atoms with Gasteiger partial charge in [0.2, 0.25) is 5.91 Å². The van der Waals surface area contributed by atoms with Gasteiger partial charge in [0.1, 0.15) is 12.0 Å². The molecule has 0 aliphatic heterocycles. The summed E-state index contributed by atoms with van der Waals surface area (Å²) in [5.41, 5.74) is 4.94. The van der Waals surface area contributed by atoms with Crippen LogP contribution in [0.25, 0.3) is 0 Å². The number of ether oxygens (including phenoxy) is 1. The van der Waals surface area contributed by atoms with Crippen molar-refractivity contribution in [2.45, 2.75) is 134 Å². The molecular formula is C26H47NO10S. The largest absolute Gasteiger partial charge is 0.481 e. The van der Waals surface area contributed by atoms with Gasteiger partial charge in [-0.25, -0.2) is 0 Å². The van der Waals surface area contributed by atoms with Gasteiger partial charge in [0.25, 0.3) is 10.1 Å². The van der Waals surface area contributed by atoms with E-state index in [0.29, 0.717) is 12.8 Å². The van der Waals surface area contributed by atoms with Gasteiger partial charge in [-0.15, -0.1) is 0 Å². The van der Waals surface area contributed by atoms with Gasteiger partial charge in [-0.1, -0.05) is 96.8 Å². The van der Waals surface area contributed by atoms with Crippen molar-refractivity contribution in [1.82, 2.24) is 0 Å². The third-order valence-corrected chi connectivity index (χ3v) is 7.61. The number of hydrogen-bond donors (Lipinski definition) is 4. The molecule has 0 fully saturated rings. The Labute approximate surface area is 226 Å². The molecule has 0 aromatic carbocycles. The zero-order valence-electron chi connectivity index (χ0n) is 22.6. The summed E-state index contributed by atoms with van der Waals surface area (Å²) < 4.78 is 37.4. The Kier molecular flexibility index (Phi) is 19.5. The Morgan fingerprint density at radius 2 is 1.16 bits per heavy atom. The van der Waals surface area contributed by atoms with Gasteiger partial charge in [-0.05, 0) is 12.8 Å². The summed E-state index contributed by atoms with van der Waals surface area (Å²) in [5.74, 6) is -7.32. The van der Waals surface area contributed by atoms with Crippen molar-refractivity contribution in [1.29, 1.82) is 0 Å². The lowest BCUT2D eigenvalue weighted by Gasteiger charge is -2.25. The van der Waals surface area contributed by atoms with E-state index >= 15 is 0 Å². The van der Waals surface area contributed by atoms with Crippen molar-refractivity contribution in [2.24, 2.45) is 11.7 Å². The lowest BCUT2D eigenvalue weighted by molar-refractivity contribution is -0.163. The molecule has 0 aliphatic rings. The number of esters is 1. The summed E-state index contributed by atoms with van der Waals surface area (Å²) in [4.78, 5) is 46.4. The van der Waals surface area contributed by atoms with Crippen molar-refractivity contribution >= 4 is 33.9 Å². The zero-order valence-corrected chi connectivity index (χ0v) is 23.5. The molecule has 11 nitrogen and oxygen atoms in total. The highest BCUT2D eigenvalue weighted by atomic mass is 32.2. The maximum absolute atomic E-state index is 12.4. The Morgan fingerprint density at radius 1 is 0.737 bits per heavy atom. The molecule has 0 spiro atoms. The fraction of sp³-hybridized carbons (Fsp3) is 0.846. The van der Waals surface area contributed by atoms with E-state index in [2.05, 4.69) is 6.92 Å². The fourth-order valence-corrected chi connectivity index (χ4v) is 5.02. The summed E-state index contributed by atoms with van der Waals surface area (Å²) in [6, 6.07) is 0. The molecule has 5 N–H and O–H groups in total. The van der Waals surface area contributed by atoms with Gasteiger partial charge < -0.3 is 20.7 Å². The second-order valence-electron chi connectivity index (χ2n) is 9.93. The van der Waals surface area contributed by atoms with Gasteiger partial charge in [-0.3, -0.25) is 23.7 Å². The summed E-state index contributed by atoms with van der Waals surface area (Å²) >= 11 is 0. The average Bonchev–Trinajstić information content (AvgIpc) is 2.81. The molecule has 0 rings (SSSR count). The summed E-state index contributed by atoms with van der Waals surface area (Å²) in [6.07, 6.45) is 13.4. The number of carboxylic acid groups (broad SMARTS) is 2. The van der Waals surface area contributed by atoms with Gasteiger partial charge in [-0.2, -0.15) is 8.42 Å². The van der Waals surface area contributed by atoms with Crippen LogP contribution in [0.2, 0.25) is 0 Å². The Morgan fingerprint density at radius 3 is 1.50 bits per heavy atom. The standard InChI is InChI=1S/C26H47NO10S/c1-2-3-4-5-6-7-8-9-10-11-12-13-14-15-16-17-21(20(25(31)32)18-24(29)30)37-26(33)22(19-23(27)28)38(34,35)36/h20-22H,2-19H2,1H3,(H2,27,28)(H,29,30)(H,31,32)(H,34,35,36). The van der Waals surface area contributed by atoms with E-state index < -0.39 is 64.0 Å². The molecule has 0 aliphatic carbocycles. The molecule has 0 saturated carbocycles. The molecule has 0 heterocycles. The lowest BCUT2D eigenvalue weighted by Crippen LogP contribution is -2.41. The average molecular weight is 566 g/mol. The monoisotopic (exact) mass is 565 g/mol. The number of carbonyl (C=O) groups excluding carboxylic acids is 2. The predicted molar refractivity (Wildman–Crippen MR) is 142 cm³/mol. The van der Waals surface area contributed by atoms with Crippen LogP contribution in [0.15, 0.2) is 0 Å². The van der Waals surface area contributed by atoms with Crippen molar-refractivity contribution in [3.63, 3.8) is 0 Å². The zero-order chi connectivity index (χ0) is 29.0. The number of aliphatic carboxylic acids is 2. The number of carbonyl (C=O) groups is 4. The molecule has 3 unspecified atom stereocenters. The topological polar surface area (TPSA) is 198 Å². The third kappa shape index (κ3) is 18.1. The maximum atomic E-state index is 12.4. The Hall–Kier alpha value is -2.21. The van der Waals surface area contributed by atoms with E-state index in [0.717, 1.165) is 25.7 Å². The normalized spacial score (nSPS) is 13.9. The lowest BCUT2D eigenvalue weighted by atomic mass is 9.93. The third-order valence-electron chi connectivity index (χ3n) is 6.53. The second-order valence-corrected chi connectivity index (χ2v) is 11.5. The molecule has 222 valence electrons. The highest BCUT2D eigenvalue weighted by molar-refractivity contribution is 7.87. The summed E-state index contributed by atoms with van der Waals surface area (Å²) in [7, 11) is -5.06. The van der Waals surface area contributed by atoms with Crippen LogP contribution in [0.5, 0.6) is 0 Å². The van der Waals surface area contributed by atoms with Crippen LogP contribution in [0.3, 0.4) is 0 Å². The van der Waals surface area contributed by atoms with E-state index in [9.17, 15) is 37.3 Å². The van der Waals surface area contributed by atoms with E-state index in [-0.39, 0.29) is 6.42 Å². The van der Waals surface area contributed by atoms with Crippen molar-refractivity contribution in [2.75, 3.05) is 0 Å². The SMILES string of the molecule is CCCCCCCCCCCCCCCCCC(OC(=O)C(CC(N)=O)S(=O)(=O)O)C(CC(=O)O)C(=O)O. The minimum Gasteiger partial charge on any atom is -0.481 e.